The van der Waals surface area contributed by atoms with Crippen LogP contribution in [-0.2, 0) is 0 Å². The van der Waals surface area contributed by atoms with Crippen LogP contribution < -0.4 is 11.1 Å². The summed E-state index contributed by atoms with van der Waals surface area (Å²) >= 11 is 10.5. The van der Waals surface area contributed by atoms with Crippen LogP contribution in [-0.4, -0.2) is 15.2 Å². The molecule has 0 fully saturated rings. The predicted molar refractivity (Wildman–Crippen MR) is 72.6 cm³/mol. The minimum Gasteiger partial charge on any atom is -0.389 e. The Kier molecular flexibility index (Phi) is 3.69. The van der Waals surface area contributed by atoms with Gasteiger partial charge in [0.2, 0.25) is 0 Å². The molecule has 0 amide bonds. The summed E-state index contributed by atoms with van der Waals surface area (Å²) in [4.78, 5) is 0.182. The van der Waals surface area contributed by atoms with Crippen molar-refractivity contribution in [2.45, 2.75) is 0 Å². The number of nitrogens with one attached hydrogen (secondary N) is 1. The SMILES string of the molecule is NC(=S)c1ccnnc1Nc1ccc(Cl)c(F)c1. The molecule has 0 aliphatic rings. The first kappa shape index (κ1) is 12.7. The maximum atomic E-state index is 13.3. The van der Waals surface area contributed by atoms with Crippen LogP contribution in [0.4, 0.5) is 15.9 Å². The average molecular weight is 283 g/mol. The van der Waals surface area contributed by atoms with Crippen LogP contribution in [0.2, 0.25) is 5.02 Å². The van der Waals surface area contributed by atoms with Crippen molar-refractivity contribution in [1.29, 1.82) is 0 Å². The van der Waals surface area contributed by atoms with Gasteiger partial charge in [0.15, 0.2) is 5.82 Å². The fraction of sp³-hybridized carbons (Fsp3) is 0. The number of thiocarbonyl (C=S) groups is 1. The second-order valence-corrected chi connectivity index (χ2v) is 4.26. The average Bonchev–Trinajstić information content (AvgIpc) is 2.34. The lowest BCUT2D eigenvalue weighted by molar-refractivity contribution is 0.629. The molecule has 3 N–H and O–H groups in total. The molecular formula is C11H8ClFN4S. The van der Waals surface area contributed by atoms with Gasteiger partial charge in [-0.3, -0.25) is 0 Å². The van der Waals surface area contributed by atoms with Gasteiger partial charge in [-0.15, -0.1) is 5.10 Å². The number of anilines is 2. The summed E-state index contributed by atoms with van der Waals surface area (Å²) in [6.45, 7) is 0. The standard InChI is InChI=1S/C11H8ClFN4S/c12-8-2-1-6(5-9(8)13)16-11-7(10(14)18)3-4-15-17-11/h1-5H,(H2,14,18)(H,16,17). The van der Waals surface area contributed by atoms with Crippen molar-refractivity contribution in [1.82, 2.24) is 10.2 Å². The highest BCUT2D eigenvalue weighted by molar-refractivity contribution is 7.80. The van der Waals surface area contributed by atoms with E-state index in [4.69, 9.17) is 29.6 Å². The number of aromatic nitrogens is 2. The number of rotatable bonds is 3. The van der Waals surface area contributed by atoms with Crippen LogP contribution in [0.3, 0.4) is 0 Å². The van der Waals surface area contributed by atoms with Gasteiger partial charge in [-0.2, -0.15) is 5.10 Å². The summed E-state index contributed by atoms with van der Waals surface area (Å²) in [7, 11) is 0. The van der Waals surface area contributed by atoms with Crippen molar-refractivity contribution in [3.05, 3.63) is 46.9 Å². The summed E-state index contributed by atoms with van der Waals surface area (Å²) in [6, 6.07) is 5.93. The predicted octanol–water partition coefficient (Wildman–Crippen LogP) is 2.65. The molecule has 18 heavy (non-hydrogen) atoms. The highest BCUT2D eigenvalue weighted by atomic mass is 35.5. The quantitative estimate of drug-likeness (QED) is 0.848. The molecule has 0 saturated carbocycles. The Morgan fingerprint density at radius 2 is 2.17 bits per heavy atom. The van der Waals surface area contributed by atoms with Crippen LogP contribution in [0.5, 0.6) is 0 Å². The summed E-state index contributed by atoms with van der Waals surface area (Å²) in [6.07, 6.45) is 1.47. The first-order chi connectivity index (χ1) is 8.58. The monoisotopic (exact) mass is 282 g/mol. The molecule has 2 rings (SSSR count). The summed E-state index contributed by atoms with van der Waals surface area (Å²) in [5, 5.41) is 10.5. The molecule has 1 aromatic heterocycles. The molecule has 0 saturated heterocycles. The minimum absolute atomic E-state index is 0.0502. The summed E-state index contributed by atoms with van der Waals surface area (Å²) in [5.41, 5.74) is 6.57. The molecule has 1 heterocycles. The smallest absolute Gasteiger partial charge is 0.163 e. The van der Waals surface area contributed by atoms with E-state index in [0.29, 0.717) is 17.1 Å². The fourth-order valence-corrected chi connectivity index (χ4v) is 1.62. The Labute approximate surface area is 113 Å². The van der Waals surface area contributed by atoms with Gasteiger partial charge in [0.05, 0.1) is 16.8 Å². The van der Waals surface area contributed by atoms with Crippen molar-refractivity contribution < 1.29 is 4.39 Å². The molecule has 92 valence electrons. The Balaban J connectivity index is 2.34. The van der Waals surface area contributed by atoms with E-state index in [1.807, 2.05) is 0 Å². The van der Waals surface area contributed by atoms with Crippen molar-refractivity contribution in [2.24, 2.45) is 5.73 Å². The summed E-state index contributed by atoms with van der Waals surface area (Å²) < 4.78 is 13.3. The van der Waals surface area contributed by atoms with Gasteiger partial charge in [0.25, 0.3) is 0 Å². The third-order valence-electron chi connectivity index (χ3n) is 2.17. The highest BCUT2D eigenvalue weighted by Gasteiger charge is 2.08. The number of halogens is 2. The molecule has 0 atom stereocenters. The van der Waals surface area contributed by atoms with Crippen LogP contribution >= 0.6 is 23.8 Å². The molecule has 0 aliphatic carbocycles. The van der Waals surface area contributed by atoms with E-state index in [9.17, 15) is 4.39 Å². The van der Waals surface area contributed by atoms with Crippen molar-refractivity contribution in [2.75, 3.05) is 5.32 Å². The Morgan fingerprint density at radius 1 is 1.39 bits per heavy atom. The van der Waals surface area contributed by atoms with Crippen LogP contribution in [0.1, 0.15) is 5.56 Å². The van der Waals surface area contributed by atoms with Gasteiger partial charge in [-0.25, -0.2) is 4.39 Å². The summed E-state index contributed by atoms with van der Waals surface area (Å²) in [5.74, 6) is -0.158. The van der Waals surface area contributed by atoms with Crippen molar-refractivity contribution >= 4 is 40.3 Å². The van der Waals surface area contributed by atoms with E-state index in [-0.39, 0.29) is 10.0 Å². The normalized spacial score (nSPS) is 10.1. The van der Waals surface area contributed by atoms with Crippen LogP contribution in [0.25, 0.3) is 0 Å². The lowest BCUT2D eigenvalue weighted by atomic mass is 10.2. The van der Waals surface area contributed by atoms with Crippen molar-refractivity contribution in [3.8, 4) is 0 Å². The third kappa shape index (κ3) is 2.72. The Hall–Kier alpha value is -1.79. The van der Waals surface area contributed by atoms with Gasteiger partial charge in [0.1, 0.15) is 10.8 Å². The molecule has 0 radical (unpaired) electrons. The lowest BCUT2D eigenvalue weighted by Gasteiger charge is -2.09. The molecule has 0 bridgehead atoms. The fourth-order valence-electron chi connectivity index (χ4n) is 1.33. The number of hydrogen-bond acceptors (Lipinski definition) is 4. The first-order valence-electron chi connectivity index (χ1n) is 4.91. The van der Waals surface area contributed by atoms with E-state index < -0.39 is 5.82 Å². The zero-order valence-electron chi connectivity index (χ0n) is 9.02. The van der Waals surface area contributed by atoms with Gasteiger partial charge in [-0.05, 0) is 24.3 Å². The van der Waals surface area contributed by atoms with E-state index in [1.165, 1.54) is 18.3 Å². The van der Waals surface area contributed by atoms with E-state index >= 15 is 0 Å². The number of nitrogens with zero attached hydrogens (tertiary/aromatic N) is 2. The van der Waals surface area contributed by atoms with E-state index in [1.54, 1.807) is 12.1 Å². The Morgan fingerprint density at radius 3 is 2.83 bits per heavy atom. The molecule has 0 aliphatic heterocycles. The zero-order valence-corrected chi connectivity index (χ0v) is 10.6. The highest BCUT2D eigenvalue weighted by Crippen LogP contribution is 2.22. The third-order valence-corrected chi connectivity index (χ3v) is 2.69. The second kappa shape index (κ2) is 5.24. The van der Waals surface area contributed by atoms with Crippen LogP contribution in [0, 0.1) is 5.82 Å². The maximum Gasteiger partial charge on any atom is 0.163 e. The topological polar surface area (TPSA) is 63.8 Å². The number of nitrogens with two attached hydrogens (primary N) is 1. The molecule has 0 spiro atoms. The molecule has 0 unspecified atom stereocenters. The van der Waals surface area contributed by atoms with Gasteiger partial charge in [0, 0.05) is 5.69 Å². The second-order valence-electron chi connectivity index (χ2n) is 3.41. The molecule has 2 aromatic rings. The van der Waals surface area contributed by atoms with Gasteiger partial charge in [-0.1, -0.05) is 23.8 Å². The first-order valence-corrected chi connectivity index (χ1v) is 5.70. The van der Waals surface area contributed by atoms with Gasteiger partial charge < -0.3 is 11.1 Å². The lowest BCUT2D eigenvalue weighted by Crippen LogP contribution is -2.13. The van der Waals surface area contributed by atoms with E-state index in [0.717, 1.165) is 0 Å². The van der Waals surface area contributed by atoms with Crippen LogP contribution in [0.15, 0.2) is 30.5 Å². The molecular weight excluding hydrogens is 275 g/mol. The zero-order chi connectivity index (χ0) is 13.1. The largest absolute Gasteiger partial charge is 0.389 e. The molecule has 4 nitrogen and oxygen atoms in total. The molecule has 7 heteroatoms. The molecule has 1 aromatic carbocycles. The van der Waals surface area contributed by atoms with Gasteiger partial charge >= 0.3 is 0 Å². The maximum absolute atomic E-state index is 13.3. The number of benzene rings is 1. The number of hydrogen-bond donors (Lipinski definition) is 2. The van der Waals surface area contributed by atoms with Crippen molar-refractivity contribution in [3.63, 3.8) is 0 Å². The minimum atomic E-state index is -0.526. The Bertz CT molecular complexity index is 605. The van der Waals surface area contributed by atoms with E-state index in [2.05, 4.69) is 15.5 Å².